The summed E-state index contributed by atoms with van der Waals surface area (Å²) in [4.78, 5) is 14.3. The maximum atomic E-state index is 12.5. The number of carbonyl (C=O) groups is 1. The number of halogens is 1. The lowest BCUT2D eigenvalue weighted by atomic mass is 10.1. The number of nitrogens with zero attached hydrogens (tertiary/aromatic N) is 1. The van der Waals surface area contributed by atoms with E-state index < -0.39 is 0 Å². The van der Waals surface area contributed by atoms with E-state index >= 15 is 0 Å². The molecule has 0 atom stereocenters. The lowest BCUT2D eigenvalue weighted by molar-refractivity contribution is 0.0682. The summed E-state index contributed by atoms with van der Waals surface area (Å²) in [6.45, 7) is 8.88. The fourth-order valence-corrected chi connectivity index (χ4v) is 1.98. The van der Waals surface area contributed by atoms with E-state index in [0.29, 0.717) is 28.7 Å². The second-order valence-electron chi connectivity index (χ2n) is 5.18. The van der Waals surface area contributed by atoms with Gasteiger partial charge in [0.15, 0.2) is 0 Å². The molecule has 0 fully saturated rings. The molecule has 0 bridgehead atoms. The third-order valence-corrected chi connectivity index (χ3v) is 3.00. The first-order valence-electron chi connectivity index (χ1n) is 6.19. The van der Waals surface area contributed by atoms with Gasteiger partial charge in [-0.3, -0.25) is 4.79 Å². The molecule has 0 heterocycles. The van der Waals surface area contributed by atoms with Crippen LogP contribution in [0.4, 0.5) is 5.69 Å². The van der Waals surface area contributed by atoms with Gasteiger partial charge in [-0.25, -0.2) is 0 Å². The molecule has 18 heavy (non-hydrogen) atoms. The molecule has 1 aromatic rings. The number of nitrogen functional groups attached to an aromatic ring is 1. The molecule has 1 aromatic carbocycles. The predicted molar refractivity (Wildman–Crippen MR) is 76.9 cm³/mol. The lowest BCUT2D eigenvalue weighted by Crippen LogP contribution is -2.39. The van der Waals surface area contributed by atoms with Gasteiger partial charge in [-0.2, -0.15) is 0 Å². The Morgan fingerprint density at radius 3 is 2.44 bits per heavy atom. The van der Waals surface area contributed by atoms with E-state index in [-0.39, 0.29) is 11.9 Å². The van der Waals surface area contributed by atoms with Crippen molar-refractivity contribution in [2.24, 2.45) is 5.92 Å². The van der Waals surface area contributed by atoms with Gasteiger partial charge >= 0.3 is 0 Å². The molecule has 100 valence electrons. The summed E-state index contributed by atoms with van der Waals surface area (Å²) in [6, 6.07) is 5.14. The fraction of sp³-hybridized carbons (Fsp3) is 0.500. The average Bonchev–Trinajstić information content (AvgIpc) is 2.27. The van der Waals surface area contributed by atoms with Crippen molar-refractivity contribution in [1.29, 1.82) is 0 Å². The molecule has 0 aromatic heterocycles. The fourth-order valence-electron chi connectivity index (χ4n) is 1.78. The number of anilines is 1. The summed E-state index contributed by atoms with van der Waals surface area (Å²) in [6.07, 6.45) is 0. The highest BCUT2D eigenvalue weighted by atomic mass is 35.5. The largest absolute Gasteiger partial charge is 0.399 e. The number of hydrogen-bond acceptors (Lipinski definition) is 2. The van der Waals surface area contributed by atoms with Crippen LogP contribution in [0.25, 0.3) is 0 Å². The summed E-state index contributed by atoms with van der Waals surface area (Å²) in [7, 11) is 0. The van der Waals surface area contributed by atoms with Crippen molar-refractivity contribution in [2.75, 3.05) is 12.3 Å². The Morgan fingerprint density at radius 1 is 1.33 bits per heavy atom. The first-order chi connectivity index (χ1) is 8.32. The molecule has 0 aliphatic rings. The van der Waals surface area contributed by atoms with E-state index in [0.717, 1.165) is 0 Å². The number of hydrogen-bond donors (Lipinski definition) is 1. The Balaban J connectivity index is 3.05. The molecule has 0 saturated carbocycles. The maximum Gasteiger partial charge on any atom is 0.255 e. The second-order valence-corrected chi connectivity index (χ2v) is 5.59. The molecule has 0 unspecified atom stereocenters. The molecule has 0 aliphatic carbocycles. The quantitative estimate of drug-likeness (QED) is 0.851. The third-order valence-electron chi connectivity index (χ3n) is 2.67. The van der Waals surface area contributed by atoms with Crippen LogP contribution in [0.1, 0.15) is 38.1 Å². The standard InChI is InChI=1S/C14H21ClN2O/c1-9(2)8-17(10(3)4)14(18)12-7-11(16)5-6-13(12)15/h5-7,9-10H,8,16H2,1-4H3. The molecule has 4 heteroatoms. The number of rotatable bonds is 4. The van der Waals surface area contributed by atoms with Crippen molar-refractivity contribution in [2.45, 2.75) is 33.7 Å². The zero-order valence-electron chi connectivity index (χ0n) is 11.4. The Labute approximate surface area is 114 Å². The Kier molecular flexibility index (Phi) is 5.03. The van der Waals surface area contributed by atoms with Gasteiger partial charge in [-0.1, -0.05) is 25.4 Å². The Morgan fingerprint density at radius 2 is 1.94 bits per heavy atom. The minimum atomic E-state index is -0.0593. The van der Waals surface area contributed by atoms with Crippen LogP contribution in [0.3, 0.4) is 0 Å². The SMILES string of the molecule is CC(C)CN(C(=O)c1cc(N)ccc1Cl)C(C)C. The number of carbonyl (C=O) groups excluding carboxylic acids is 1. The summed E-state index contributed by atoms with van der Waals surface area (Å²) < 4.78 is 0. The van der Waals surface area contributed by atoms with Crippen molar-refractivity contribution in [3.63, 3.8) is 0 Å². The minimum absolute atomic E-state index is 0.0593. The van der Waals surface area contributed by atoms with Gasteiger partial charge in [0.1, 0.15) is 0 Å². The van der Waals surface area contributed by atoms with E-state index in [2.05, 4.69) is 13.8 Å². The molecule has 1 rings (SSSR count). The van der Waals surface area contributed by atoms with Crippen LogP contribution in [0, 0.1) is 5.92 Å². The van der Waals surface area contributed by atoms with E-state index in [1.807, 2.05) is 18.7 Å². The smallest absolute Gasteiger partial charge is 0.255 e. The van der Waals surface area contributed by atoms with Crippen LogP contribution in [0.5, 0.6) is 0 Å². The van der Waals surface area contributed by atoms with E-state index in [1.54, 1.807) is 18.2 Å². The minimum Gasteiger partial charge on any atom is -0.399 e. The molecule has 0 saturated heterocycles. The molecule has 0 spiro atoms. The van der Waals surface area contributed by atoms with Crippen molar-refractivity contribution in [3.8, 4) is 0 Å². The van der Waals surface area contributed by atoms with Crippen LogP contribution < -0.4 is 5.73 Å². The summed E-state index contributed by atoms with van der Waals surface area (Å²) in [5.74, 6) is 0.354. The van der Waals surface area contributed by atoms with Crippen LogP contribution in [-0.4, -0.2) is 23.4 Å². The Hall–Kier alpha value is -1.22. The summed E-state index contributed by atoms with van der Waals surface area (Å²) in [5.41, 5.74) is 6.74. The molecule has 1 amide bonds. The van der Waals surface area contributed by atoms with Crippen LogP contribution in [-0.2, 0) is 0 Å². The van der Waals surface area contributed by atoms with E-state index in [4.69, 9.17) is 17.3 Å². The van der Waals surface area contributed by atoms with E-state index in [1.165, 1.54) is 0 Å². The normalized spacial score (nSPS) is 11.1. The summed E-state index contributed by atoms with van der Waals surface area (Å²) >= 11 is 6.07. The van der Waals surface area contributed by atoms with Gasteiger partial charge < -0.3 is 10.6 Å². The zero-order chi connectivity index (χ0) is 13.9. The predicted octanol–water partition coefficient (Wildman–Crippen LogP) is 3.43. The first kappa shape index (κ1) is 14.8. The van der Waals surface area contributed by atoms with Crippen molar-refractivity contribution >= 4 is 23.2 Å². The molecule has 3 nitrogen and oxygen atoms in total. The van der Waals surface area contributed by atoms with Gasteiger partial charge in [0.05, 0.1) is 10.6 Å². The highest BCUT2D eigenvalue weighted by Crippen LogP contribution is 2.22. The van der Waals surface area contributed by atoms with Gasteiger partial charge in [0, 0.05) is 18.3 Å². The van der Waals surface area contributed by atoms with Gasteiger partial charge in [-0.15, -0.1) is 0 Å². The van der Waals surface area contributed by atoms with Crippen molar-refractivity contribution < 1.29 is 4.79 Å². The van der Waals surface area contributed by atoms with Crippen molar-refractivity contribution in [3.05, 3.63) is 28.8 Å². The number of amides is 1. The van der Waals surface area contributed by atoms with E-state index in [9.17, 15) is 4.79 Å². The van der Waals surface area contributed by atoms with Crippen molar-refractivity contribution in [1.82, 2.24) is 4.90 Å². The molecule has 2 N–H and O–H groups in total. The molecule has 0 radical (unpaired) electrons. The topological polar surface area (TPSA) is 46.3 Å². The molecular formula is C14H21ClN2O. The lowest BCUT2D eigenvalue weighted by Gasteiger charge is -2.29. The third kappa shape index (κ3) is 3.64. The molecule has 0 aliphatic heterocycles. The molecular weight excluding hydrogens is 248 g/mol. The van der Waals surface area contributed by atoms with Crippen LogP contribution >= 0.6 is 11.6 Å². The average molecular weight is 269 g/mol. The van der Waals surface area contributed by atoms with Gasteiger partial charge in [0.25, 0.3) is 5.91 Å². The second kappa shape index (κ2) is 6.10. The van der Waals surface area contributed by atoms with Gasteiger partial charge in [0.2, 0.25) is 0 Å². The highest BCUT2D eigenvalue weighted by Gasteiger charge is 2.21. The summed E-state index contributed by atoms with van der Waals surface area (Å²) in [5, 5.41) is 0.448. The number of nitrogens with two attached hydrogens (primary N) is 1. The Bertz CT molecular complexity index is 430. The highest BCUT2D eigenvalue weighted by molar-refractivity contribution is 6.34. The zero-order valence-corrected chi connectivity index (χ0v) is 12.2. The van der Waals surface area contributed by atoms with Crippen LogP contribution in [0.2, 0.25) is 5.02 Å². The maximum absolute atomic E-state index is 12.5. The number of benzene rings is 1. The first-order valence-corrected chi connectivity index (χ1v) is 6.56. The van der Waals surface area contributed by atoms with Gasteiger partial charge in [-0.05, 0) is 38.0 Å². The monoisotopic (exact) mass is 268 g/mol. The van der Waals surface area contributed by atoms with Crippen LogP contribution in [0.15, 0.2) is 18.2 Å².